The molecule has 1 aliphatic rings. The standard InChI is InChI=1S/C19H15N3O3S2/c1-10(20-11-4-5-13-14(7-11)25-9-24-13)17-21-18(23)16-12(8-27-19(16)22-17)15-3-2-6-26-15/h2-8,10,20H,9H2,1H3,(H,21,22,23)/t10-/m0/s1. The molecule has 1 aromatic carbocycles. The van der Waals surface area contributed by atoms with Gasteiger partial charge < -0.3 is 19.8 Å². The first-order valence-electron chi connectivity index (χ1n) is 8.40. The van der Waals surface area contributed by atoms with Crippen LogP contribution in [0.15, 0.2) is 45.9 Å². The Morgan fingerprint density at radius 1 is 1.22 bits per heavy atom. The number of thiophene rings is 2. The highest BCUT2D eigenvalue weighted by atomic mass is 32.1. The summed E-state index contributed by atoms with van der Waals surface area (Å²) < 4.78 is 10.7. The van der Waals surface area contributed by atoms with Crippen LogP contribution in [0.1, 0.15) is 18.8 Å². The van der Waals surface area contributed by atoms with Gasteiger partial charge in [-0.25, -0.2) is 4.98 Å². The van der Waals surface area contributed by atoms with E-state index >= 15 is 0 Å². The van der Waals surface area contributed by atoms with Crippen LogP contribution in [-0.2, 0) is 0 Å². The maximum Gasteiger partial charge on any atom is 0.260 e. The van der Waals surface area contributed by atoms with Gasteiger partial charge in [0, 0.05) is 27.6 Å². The van der Waals surface area contributed by atoms with E-state index in [0.717, 1.165) is 26.7 Å². The van der Waals surface area contributed by atoms with E-state index in [1.807, 2.05) is 48.0 Å². The van der Waals surface area contributed by atoms with Crippen molar-refractivity contribution in [2.24, 2.45) is 0 Å². The lowest BCUT2D eigenvalue weighted by Crippen LogP contribution is -2.17. The van der Waals surface area contributed by atoms with Gasteiger partial charge in [-0.2, -0.15) is 0 Å². The molecule has 0 saturated carbocycles. The molecule has 4 aromatic rings. The van der Waals surface area contributed by atoms with Gasteiger partial charge >= 0.3 is 0 Å². The largest absolute Gasteiger partial charge is 0.454 e. The number of ether oxygens (including phenoxy) is 2. The molecule has 0 bridgehead atoms. The SMILES string of the molecule is C[C@H](Nc1ccc2c(c1)OCO2)c1nc2scc(-c3cccs3)c2c(=O)[nH]1. The molecule has 0 fully saturated rings. The molecule has 2 N–H and O–H groups in total. The quantitative estimate of drug-likeness (QED) is 0.526. The van der Waals surface area contributed by atoms with Gasteiger partial charge in [0.2, 0.25) is 6.79 Å². The number of anilines is 1. The average Bonchev–Trinajstić information content (AvgIpc) is 3.40. The molecule has 1 atom stereocenters. The van der Waals surface area contributed by atoms with Crippen LogP contribution in [0.4, 0.5) is 5.69 Å². The van der Waals surface area contributed by atoms with E-state index in [0.29, 0.717) is 17.0 Å². The Kier molecular flexibility index (Phi) is 3.87. The van der Waals surface area contributed by atoms with Crippen LogP contribution < -0.4 is 20.3 Å². The van der Waals surface area contributed by atoms with E-state index in [2.05, 4.69) is 15.3 Å². The zero-order valence-electron chi connectivity index (χ0n) is 14.3. The van der Waals surface area contributed by atoms with Gasteiger partial charge in [-0.05, 0) is 30.5 Å². The van der Waals surface area contributed by atoms with Gasteiger partial charge in [0.05, 0.1) is 11.4 Å². The number of hydrogen-bond donors (Lipinski definition) is 2. The Morgan fingerprint density at radius 3 is 2.96 bits per heavy atom. The molecule has 0 unspecified atom stereocenters. The number of hydrogen-bond acceptors (Lipinski definition) is 7. The van der Waals surface area contributed by atoms with Crippen molar-refractivity contribution in [3.63, 3.8) is 0 Å². The maximum absolute atomic E-state index is 12.7. The zero-order valence-corrected chi connectivity index (χ0v) is 15.9. The lowest BCUT2D eigenvalue weighted by atomic mass is 10.2. The van der Waals surface area contributed by atoms with Crippen LogP contribution in [0.2, 0.25) is 0 Å². The molecule has 136 valence electrons. The minimum Gasteiger partial charge on any atom is -0.454 e. The van der Waals surface area contributed by atoms with Crippen molar-refractivity contribution in [3.8, 4) is 21.9 Å². The second kappa shape index (κ2) is 6.40. The van der Waals surface area contributed by atoms with Crippen molar-refractivity contribution in [3.05, 3.63) is 57.3 Å². The summed E-state index contributed by atoms with van der Waals surface area (Å²) in [6.45, 7) is 2.20. The molecule has 4 heterocycles. The van der Waals surface area contributed by atoms with Gasteiger partial charge in [0.25, 0.3) is 5.56 Å². The third-order valence-corrected chi connectivity index (χ3v) is 6.19. The molecule has 0 saturated heterocycles. The number of H-pyrrole nitrogens is 1. The van der Waals surface area contributed by atoms with E-state index < -0.39 is 0 Å². The fraction of sp³-hybridized carbons (Fsp3) is 0.158. The minimum atomic E-state index is -0.172. The number of fused-ring (bicyclic) bond motifs is 2. The molecular formula is C19H15N3O3S2. The fourth-order valence-corrected chi connectivity index (χ4v) is 4.86. The molecule has 6 nitrogen and oxygen atoms in total. The third kappa shape index (κ3) is 2.87. The smallest absolute Gasteiger partial charge is 0.260 e. The van der Waals surface area contributed by atoms with Crippen LogP contribution in [0.3, 0.4) is 0 Å². The second-order valence-electron chi connectivity index (χ2n) is 6.19. The molecular weight excluding hydrogens is 382 g/mol. The molecule has 8 heteroatoms. The summed E-state index contributed by atoms with van der Waals surface area (Å²) in [5.41, 5.74) is 1.71. The van der Waals surface area contributed by atoms with Gasteiger partial charge in [-0.1, -0.05) is 6.07 Å². The Morgan fingerprint density at radius 2 is 2.11 bits per heavy atom. The van der Waals surface area contributed by atoms with Crippen LogP contribution in [0.5, 0.6) is 11.5 Å². The molecule has 3 aromatic heterocycles. The maximum atomic E-state index is 12.7. The highest BCUT2D eigenvalue weighted by Crippen LogP contribution is 2.36. The summed E-state index contributed by atoms with van der Waals surface area (Å²) in [5.74, 6) is 2.05. The van der Waals surface area contributed by atoms with Crippen molar-refractivity contribution in [2.45, 2.75) is 13.0 Å². The molecule has 1 aliphatic heterocycles. The number of nitrogens with one attached hydrogen (secondary N) is 2. The summed E-state index contributed by atoms with van der Waals surface area (Å²) in [6.07, 6.45) is 0. The van der Waals surface area contributed by atoms with E-state index in [1.165, 1.54) is 11.3 Å². The van der Waals surface area contributed by atoms with E-state index in [1.54, 1.807) is 11.3 Å². The topological polar surface area (TPSA) is 76.2 Å². The van der Waals surface area contributed by atoms with Crippen molar-refractivity contribution >= 4 is 38.6 Å². The van der Waals surface area contributed by atoms with Crippen LogP contribution in [-0.4, -0.2) is 16.8 Å². The summed E-state index contributed by atoms with van der Waals surface area (Å²) in [4.78, 5) is 22.2. The molecule has 27 heavy (non-hydrogen) atoms. The Bertz CT molecular complexity index is 1180. The summed E-state index contributed by atoms with van der Waals surface area (Å²) >= 11 is 3.11. The first-order chi connectivity index (χ1) is 13.2. The number of aromatic nitrogens is 2. The molecule has 5 rings (SSSR count). The third-order valence-electron chi connectivity index (χ3n) is 4.41. The molecule has 0 aliphatic carbocycles. The number of benzene rings is 1. The lowest BCUT2D eigenvalue weighted by Gasteiger charge is -2.15. The molecule has 0 radical (unpaired) electrons. The fourth-order valence-electron chi connectivity index (χ4n) is 3.09. The van der Waals surface area contributed by atoms with Crippen LogP contribution >= 0.6 is 22.7 Å². The predicted molar refractivity (Wildman–Crippen MR) is 108 cm³/mol. The summed E-state index contributed by atoms with van der Waals surface area (Å²) in [6, 6.07) is 9.49. The van der Waals surface area contributed by atoms with Gasteiger partial charge in [-0.3, -0.25) is 4.79 Å². The van der Waals surface area contributed by atoms with E-state index in [-0.39, 0.29) is 18.4 Å². The van der Waals surface area contributed by atoms with E-state index in [4.69, 9.17) is 9.47 Å². The molecule has 0 amide bonds. The highest BCUT2D eigenvalue weighted by Gasteiger charge is 2.18. The monoisotopic (exact) mass is 397 g/mol. The number of nitrogens with zero attached hydrogens (tertiary/aromatic N) is 1. The van der Waals surface area contributed by atoms with Crippen molar-refractivity contribution in [1.82, 2.24) is 9.97 Å². The number of aromatic amines is 1. The molecule has 0 spiro atoms. The normalized spacial score (nSPS) is 13.8. The van der Waals surface area contributed by atoms with E-state index in [9.17, 15) is 4.79 Å². The van der Waals surface area contributed by atoms with Crippen molar-refractivity contribution < 1.29 is 9.47 Å². The Labute approximate surface area is 162 Å². The minimum absolute atomic E-state index is 0.112. The summed E-state index contributed by atoms with van der Waals surface area (Å²) in [7, 11) is 0. The van der Waals surface area contributed by atoms with Crippen LogP contribution in [0, 0.1) is 0 Å². The van der Waals surface area contributed by atoms with Gasteiger partial charge in [-0.15, -0.1) is 22.7 Å². The number of rotatable bonds is 4. The van der Waals surface area contributed by atoms with Gasteiger partial charge in [0.1, 0.15) is 10.7 Å². The Hall–Kier alpha value is -2.84. The second-order valence-corrected chi connectivity index (χ2v) is 8.00. The predicted octanol–water partition coefficient (Wildman–Crippen LogP) is 4.61. The summed E-state index contributed by atoms with van der Waals surface area (Å²) in [5, 5.41) is 8.01. The lowest BCUT2D eigenvalue weighted by molar-refractivity contribution is 0.174. The first kappa shape index (κ1) is 16.3. The van der Waals surface area contributed by atoms with Crippen molar-refractivity contribution in [2.75, 3.05) is 12.1 Å². The highest BCUT2D eigenvalue weighted by molar-refractivity contribution is 7.18. The van der Waals surface area contributed by atoms with Crippen molar-refractivity contribution in [1.29, 1.82) is 0 Å². The first-order valence-corrected chi connectivity index (χ1v) is 10.2. The van der Waals surface area contributed by atoms with Gasteiger partial charge in [0.15, 0.2) is 11.5 Å². The average molecular weight is 397 g/mol. The zero-order chi connectivity index (χ0) is 18.4. The Balaban J connectivity index is 1.47. The van der Waals surface area contributed by atoms with Crippen LogP contribution in [0.25, 0.3) is 20.7 Å².